The van der Waals surface area contributed by atoms with Gasteiger partial charge >= 0.3 is 0 Å². The largest absolute Gasteiger partial charge is 0.382 e. The van der Waals surface area contributed by atoms with Gasteiger partial charge in [-0.3, -0.25) is 0 Å². The van der Waals surface area contributed by atoms with Crippen LogP contribution in [0.1, 0.15) is 24.8 Å². The molecule has 0 unspecified atom stereocenters. The van der Waals surface area contributed by atoms with Crippen molar-refractivity contribution in [2.75, 3.05) is 5.73 Å². The Morgan fingerprint density at radius 3 is 2.75 bits per heavy atom. The molecule has 1 heterocycles. The number of alkyl halides is 2. The molecule has 16 heavy (non-hydrogen) atoms. The van der Waals surface area contributed by atoms with Gasteiger partial charge in [0.05, 0.1) is 0 Å². The van der Waals surface area contributed by atoms with Crippen LogP contribution < -0.4 is 5.73 Å². The van der Waals surface area contributed by atoms with Gasteiger partial charge in [0.1, 0.15) is 4.60 Å². The first kappa shape index (κ1) is 11.4. The monoisotopic (exact) mass is 289 g/mol. The molecule has 0 spiro atoms. The van der Waals surface area contributed by atoms with Crippen molar-refractivity contribution in [2.24, 2.45) is 0 Å². The molecule has 6 heteroatoms. The van der Waals surface area contributed by atoms with Gasteiger partial charge in [0.2, 0.25) is 0 Å². The van der Waals surface area contributed by atoms with Gasteiger partial charge in [-0.15, -0.1) is 10.2 Å². The minimum atomic E-state index is -2.59. The molecule has 0 aliphatic heterocycles. The lowest BCUT2D eigenvalue weighted by Gasteiger charge is -2.21. The van der Waals surface area contributed by atoms with Gasteiger partial charge in [-0.1, -0.05) is 6.08 Å². The fraction of sp³-hybridized carbons (Fsp3) is 0.400. The van der Waals surface area contributed by atoms with E-state index in [9.17, 15) is 8.78 Å². The fourth-order valence-corrected chi connectivity index (χ4v) is 1.98. The van der Waals surface area contributed by atoms with E-state index in [0.717, 1.165) is 5.57 Å². The van der Waals surface area contributed by atoms with Crippen LogP contribution in [0.2, 0.25) is 0 Å². The first-order valence-corrected chi connectivity index (χ1v) is 5.63. The number of halogens is 3. The van der Waals surface area contributed by atoms with E-state index in [-0.39, 0.29) is 18.7 Å². The van der Waals surface area contributed by atoms with Crippen LogP contribution in [0.5, 0.6) is 0 Å². The first-order valence-electron chi connectivity index (χ1n) is 4.84. The molecule has 0 atom stereocenters. The highest BCUT2D eigenvalue weighted by Crippen LogP contribution is 2.37. The number of aromatic nitrogens is 2. The highest BCUT2D eigenvalue weighted by atomic mass is 79.9. The Bertz CT molecular complexity index is 446. The molecule has 2 rings (SSSR count). The second-order valence-corrected chi connectivity index (χ2v) is 4.57. The Kier molecular flexibility index (Phi) is 2.92. The zero-order valence-electron chi connectivity index (χ0n) is 8.38. The van der Waals surface area contributed by atoms with Gasteiger partial charge in [-0.05, 0) is 34.0 Å². The molecule has 3 nitrogen and oxygen atoms in total. The molecule has 2 N–H and O–H groups in total. The summed E-state index contributed by atoms with van der Waals surface area (Å²) in [6.07, 6.45) is 1.47. The van der Waals surface area contributed by atoms with Crippen LogP contribution in [-0.2, 0) is 0 Å². The van der Waals surface area contributed by atoms with E-state index in [4.69, 9.17) is 5.73 Å². The van der Waals surface area contributed by atoms with Crippen molar-refractivity contribution in [2.45, 2.75) is 25.2 Å². The van der Waals surface area contributed by atoms with Gasteiger partial charge in [-0.25, -0.2) is 8.78 Å². The summed E-state index contributed by atoms with van der Waals surface area (Å²) in [5.41, 5.74) is 7.18. The number of hydrogen-bond donors (Lipinski definition) is 1. The Labute approximate surface area is 99.9 Å². The molecular formula is C10H10BrF2N3. The van der Waals surface area contributed by atoms with Gasteiger partial charge in [0, 0.05) is 18.4 Å². The second-order valence-electron chi connectivity index (χ2n) is 3.76. The quantitative estimate of drug-likeness (QED) is 0.865. The van der Waals surface area contributed by atoms with Crippen LogP contribution in [0.3, 0.4) is 0 Å². The molecule has 0 saturated carbocycles. The Morgan fingerprint density at radius 2 is 2.12 bits per heavy atom. The molecule has 0 amide bonds. The minimum Gasteiger partial charge on any atom is -0.382 e. The van der Waals surface area contributed by atoms with Crippen LogP contribution in [0, 0.1) is 0 Å². The highest BCUT2D eigenvalue weighted by molar-refractivity contribution is 9.10. The lowest BCUT2D eigenvalue weighted by molar-refractivity contribution is -0.00602. The molecule has 0 saturated heterocycles. The summed E-state index contributed by atoms with van der Waals surface area (Å²) >= 11 is 3.18. The number of anilines is 1. The maximum absolute atomic E-state index is 13.0. The predicted molar refractivity (Wildman–Crippen MR) is 60.9 cm³/mol. The molecule has 0 aromatic carbocycles. The van der Waals surface area contributed by atoms with Gasteiger partial charge in [0.15, 0.2) is 5.82 Å². The number of hydrogen-bond acceptors (Lipinski definition) is 3. The maximum Gasteiger partial charge on any atom is 0.251 e. The smallest absolute Gasteiger partial charge is 0.251 e. The second kappa shape index (κ2) is 4.08. The van der Waals surface area contributed by atoms with Crippen molar-refractivity contribution in [3.63, 3.8) is 0 Å². The van der Waals surface area contributed by atoms with E-state index in [0.29, 0.717) is 16.6 Å². The molecule has 0 bridgehead atoms. The Hall–Kier alpha value is -1.04. The van der Waals surface area contributed by atoms with Crippen molar-refractivity contribution in [3.05, 3.63) is 22.3 Å². The number of rotatable bonds is 1. The van der Waals surface area contributed by atoms with Gasteiger partial charge < -0.3 is 5.73 Å². The van der Waals surface area contributed by atoms with Crippen molar-refractivity contribution < 1.29 is 8.78 Å². The maximum atomic E-state index is 13.0. The van der Waals surface area contributed by atoms with E-state index >= 15 is 0 Å². The molecular weight excluding hydrogens is 280 g/mol. The molecule has 1 aromatic heterocycles. The van der Waals surface area contributed by atoms with Crippen LogP contribution in [-0.4, -0.2) is 16.1 Å². The average Bonchev–Trinajstić information content (AvgIpc) is 2.22. The predicted octanol–water partition coefficient (Wildman–Crippen LogP) is 3.02. The SMILES string of the molecule is Nc1nnc(Br)cc1C1=CCC(F)(F)CC1. The van der Waals surface area contributed by atoms with E-state index in [1.54, 1.807) is 6.07 Å². The van der Waals surface area contributed by atoms with Crippen LogP contribution in [0.4, 0.5) is 14.6 Å². The van der Waals surface area contributed by atoms with Crippen LogP contribution in [0.25, 0.3) is 5.57 Å². The van der Waals surface area contributed by atoms with Gasteiger partial charge in [0.25, 0.3) is 5.92 Å². The minimum absolute atomic E-state index is 0.141. The summed E-state index contributed by atoms with van der Waals surface area (Å²) in [6.45, 7) is 0. The molecule has 86 valence electrons. The normalized spacial score (nSPS) is 19.3. The summed E-state index contributed by atoms with van der Waals surface area (Å²) in [4.78, 5) is 0. The summed E-state index contributed by atoms with van der Waals surface area (Å²) in [7, 11) is 0. The van der Waals surface area contributed by atoms with Crippen molar-refractivity contribution in [1.82, 2.24) is 10.2 Å². The third-order valence-electron chi connectivity index (χ3n) is 2.55. The van der Waals surface area contributed by atoms with E-state index in [2.05, 4.69) is 26.1 Å². The van der Waals surface area contributed by atoms with Crippen LogP contribution in [0.15, 0.2) is 16.7 Å². The number of nitrogens with two attached hydrogens (primary N) is 1. The molecule has 0 fully saturated rings. The third-order valence-corrected chi connectivity index (χ3v) is 2.93. The van der Waals surface area contributed by atoms with E-state index < -0.39 is 5.92 Å². The highest BCUT2D eigenvalue weighted by Gasteiger charge is 2.31. The summed E-state index contributed by atoms with van der Waals surface area (Å²) in [5.74, 6) is -2.31. The molecule has 0 radical (unpaired) electrons. The average molecular weight is 290 g/mol. The lowest BCUT2D eigenvalue weighted by atomic mass is 9.92. The molecule has 1 aliphatic rings. The molecule has 1 aliphatic carbocycles. The first-order chi connectivity index (χ1) is 7.48. The standard InChI is InChI=1S/C10H10BrF2N3/c11-8-5-7(9(14)16-15-8)6-1-3-10(12,13)4-2-6/h1,5H,2-4H2,(H2,14,16). The third kappa shape index (κ3) is 2.37. The summed E-state index contributed by atoms with van der Waals surface area (Å²) < 4.78 is 26.5. The number of nitrogen functional groups attached to an aromatic ring is 1. The Morgan fingerprint density at radius 1 is 1.38 bits per heavy atom. The van der Waals surface area contributed by atoms with E-state index in [1.807, 2.05) is 0 Å². The number of allylic oxidation sites excluding steroid dienone is 2. The zero-order valence-corrected chi connectivity index (χ0v) is 9.97. The topological polar surface area (TPSA) is 51.8 Å². The zero-order chi connectivity index (χ0) is 11.8. The Balaban J connectivity index is 2.32. The summed E-state index contributed by atoms with van der Waals surface area (Å²) in [6, 6.07) is 1.71. The lowest BCUT2D eigenvalue weighted by Crippen LogP contribution is -2.18. The fourth-order valence-electron chi connectivity index (χ4n) is 1.67. The van der Waals surface area contributed by atoms with Crippen LogP contribution >= 0.6 is 15.9 Å². The van der Waals surface area contributed by atoms with Crippen molar-refractivity contribution in [1.29, 1.82) is 0 Å². The van der Waals surface area contributed by atoms with E-state index in [1.165, 1.54) is 6.08 Å². The van der Waals surface area contributed by atoms with Gasteiger partial charge in [-0.2, -0.15) is 0 Å². The van der Waals surface area contributed by atoms with Crippen molar-refractivity contribution in [3.8, 4) is 0 Å². The molecule has 1 aromatic rings. The number of nitrogens with zero attached hydrogens (tertiary/aromatic N) is 2. The van der Waals surface area contributed by atoms with Crippen molar-refractivity contribution >= 4 is 27.3 Å². The summed E-state index contributed by atoms with van der Waals surface area (Å²) in [5, 5.41) is 7.47.